The van der Waals surface area contributed by atoms with E-state index in [0.29, 0.717) is 12.8 Å². The molecule has 27 heavy (non-hydrogen) atoms. The summed E-state index contributed by atoms with van der Waals surface area (Å²) in [5, 5.41) is 2.48. The summed E-state index contributed by atoms with van der Waals surface area (Å²) >= 11 is 3.46. The predicted molar refractivity (Wildman–Crippen MR) is 102 cm³/mol. The first kappa shape index (κ1) is 19.9. The van der Waals surface area contributed by atoms with E-state index in [1.54, 1.807) is 0 Å². The molecule has 2 aromatic carbocycles. The van der Waals surface area contributed by atoms with Crippen molar-refractivity contribution in [2.45, 2.75) is 25.6 Å². The topological polar surface area (TPSA) is 32.3 Å². The van der Waals surface area contributed by atoms with Gasteiger partial charge in [0.1, 0.15) is 0 Å². The summed E-state index contributed by atoms with van der Waals surface area (Å²) in [6.07, 6.45) is -3.22. The zero-order valence-electron chi connectivity index (χ0n) is 14.6. The van der Waals surface area contributed by atoms with Gasteiger partial charge < -0.3 is 5.32 Å². The number of para-hydroxylation sites is 1. The van der Waals surface area contributed by atoms with Crippen molar-refractivity contribution in [3.63, 3.8) is 0 Å². The first-order valence-electron chi connectivity index (χ1n) is 8.77. The standard InChI is InChI=1S/C20H20BrF3N2O/c21-16-5-3-4-14(12-16)13-26-10-8-15(9-11-26)19(27)25-18-7-2-1-6-17(18)20(22,23)24/h1-7,12,15H,8-11,13H2,(H,25,27). The van der Waals surface area contributed by atoms with Gasteiger partial charge in [0.25, 0.3) is 0 Å². The second-order valence-electron chi connectivity index (χ2n) is 6.71. The van der Waals surface area contributed by atoms with Crippen molar-refractivity contribution in [2.24, 2.45) is 5.92 Å². The van der Waals surface area contributed by atoms with Gasteiger partial charge in [-0.1, -0.05) is 40.2 Å². The summed E-state index contributed by atoms with van der Waals surface area (Å²) < 4.78 is 40.2. The SMILES string of the molecule is O=C(Nc1ccccc1C(F)(F)F)C1CCN(Cc2cccc(Br)c2)CC1. The molecular formula is C20H20BrF3N2O. The van der Waals surface area contributed by atoms with Crippen LogP contribution in [-0.4, -0.2) is 23.9 Å². The summed E-state index contributed by atoms with van der Waals surface area (Å²) in [5.41, 5.74) is 0.198. The third-order valence-electron chi connectivity index (χ3n) is 4.74. The van der Waals surface area contributed by atoms with Crippen LogP contribution in [0.25, 0.3) is 0 Å². The number of nitrogens with one attached hydrogen (secondary N) is 1. The monoisotopic (exact) mass is 440 g/mol. The quantitative estimate of drug-likeness (QED) is 0.697. The molecule has 0 aliphatic carbocycles. The van der Waals surface area contributed by atoms with E-state index >= 15 is 0 Å². The second kappa shape index (κ2) is 8.44. The smallest absolute Gasteiger partial charge is 0.325 e. The maximum absolute atomic E-state index is 13.1. The Morgan fingerprint density at radius 3 is 2.48 bits per heavy atom. The van der Waals surface area contributed by atoms with Gasteiger partial charge >= 0.3 is 6.18 Å². The molecule has 1 N–H and O–H groups in total. The lowest BCUT2D eigenvalue weighted by molar-refractivity contribution is -0.137. The van der Waals surface area contributed by atoms with Crippen LogP contribution in [0.4, 0.5) is 18.9 Å². The van der Waals surface area contributed by atoms with Crippen LogP contribution in [0.3, 0.4) is 0 Å². The molecule has 0 spiro atoms. The molecule has 0 saturated carbocycles. The summed E-state index contributed by atoms with van der Waals surface area (Å²) in [5.74, 6) is -0.612. The van der Waals surface area contributed by atoms with Crippen molar-refractivity contribution in [1.29, 1.82) is 0 Å². The maximum Gasteiger partial charge on any atom is 0.418 e. The number of nitrogens with zero attached hydrogens (tertiary/aromatic N) is 1. The zero-order chi connectivity index (χ0) is 19.4. The number of halogens is 4. The molecule has 1 aliphatic heterocycles. The lowest BCUT2D eigenvalue weighted by Crippen LogP contribution is -2.38. The van der Waals surface area contributed by atoms with E-state index in [2.05, 4.69) is 38.3 Å². The normalized spacial score (nSPS) is 16.3. The van der Waals surface area contributed by atoms with E-state index < -0.39 is 11.7 Å². The number of hydrogen-bond donors (Lipinski definition) is 1. The first-order valence-corrected chi connectivity index (χ1v) is 9.56. The van der Waals surface area contributed by atoms with E-state index in [4.69, 9.17) is 0 Å². The fourth-order valence-corrected chi connectivity index (χ4v) is 3.77. The Morgan fingerprint density at radius 1 is 1.11 bits per heavy atom. The van der Waals surface area contributed by atoms with Crippen molar-refractivity contribution in [3.8, 4) is 0 Å². The third kappa shape index (κ3) is 5.32. The Morgan fingerprint density at radius 2 is 1.81 bits per heavy atom. The molecule has 0 atom stereocenters. The minimum absolute atomic E-state index is 0.174. The molecule has 3 nitrogen and oxygen atoms in total. The molecule has 1 fully saturated rings. The number of carbonyl (C=O) groups excluding carboxylic acids is 1. The third-order valence-corrected chi connectivity index (χ3v) is 5.24. The van der Waals surface area contributed by atoms with Crippen LogP contribution in [0.2, 0.25) is 0 Å². The molecule has 1 saturated heterocycles. The number of alkyl halides is 3. The molecular weight excluding hydrogens is 421 g/mol. The molecule has 1 amide bonds. The molecule has 7 heteroatoms. The highest BCUT2D eigenvalue weighted by Gasteiger charge is 2.34. The molecule has 2 aromatic rings. The molecule has 144 valence electrons. The van der Waals surface area contributed by atoms with Gasteiger partial charge in [0.05, 0.1) is 11.3 Å². The number of piperidine rings is 1. The van der Waals surface area contributed by atoms with E-state index in [0.717, 1.165) is 30.2 Å². The molecule has 1 heterocycles. The average molecular weight is 441 g/mol. The summed E-state index contributed by atoms with van der Waals surface area (Å²) in [6.45, 7) is 2.28. The number of benzene rings is 2. The van der Waals surface area contributed by atoms with Gasteiger partial charge in [-0.3, -0.25) is 9.69 Å². The van der Waals surface area contributed by atoms with Crippen molar-refractivity contribution in [3.05, 3.63) is 64.1 Å². The number of likely N-dealkylation sites (tertiary alicyclic amines) is 1. The Balaban J connectivity index is 1.56. The largest absolute Gasteiger partial charge is 0.418 e. The minimum Gasteiger partial charge on any atom is -0.325 e. The lowest BCUT2D eigenvalue weighted by atomic mass is 9.95. The summed E-state index contributed by atoms with van der Waals surface area (Å²) in [6, 6.07) is 13.2. The Kier molecular flexibility index (Phi) is 6.22. The number of carbonyl (C=O) groups is 1. The van der Waals surface area contributed by atoms with Crippen molar-refractivity contribution in [1.82, 2.24) is 4.90 Å². The predicted octanol–water partition coefficient (Wildman–Crippen LogP) is 5.32. The zero-order valence-corrected chi connectivity index (χ0v) is 16.2. The van der Waals surface area contributed by atoms with Crippen LogP contribution in [0, 0.1) is 5.92 Å². The van der Waals surface area contributed by atoms with E-state index in [1.165, 1.54) is 23.8 Å². The highest BCUT2D eigenvalue weighted by Crippen LogP contribution is 2.35. The first-order chi connectivity index (χ1) is 12.8. The van der Waals surface area contributed by atoms with Crippen LogP contribution in [-0.2, 0) is 17.5 Å². The highest BCUT2D eigenvalue weighted by atomic mass is 79.9. The fourth-order valence-electron chi connectivity index (χ4n) is 3.32. The molecule has 1 aliphatic rings. The van der Waals surface area contributed by atoms with Crippen LogP contribution in [0.5, 0.6) is 0 Å². The van der Waals surface area contributed by atoms with Gasteiger partial charge in [-0.2, -0.15) is 13.2 Å². The van der Waals surface area contributed by atoms with Crippen molar-refractivity contribution < 1.29 is 18.0 Å². The van der Waals surface area contributed by atoms with Gasteiger partial charge in [-0.05, 0) is 55.8 Å². The fraction of sp³-hybridized carbons (Fsp3) is 0.350. The number of rotatable bonds is 4. The molecule has 3 rings (SSSR count). The van der Waals surface area contributed by atoms with Gasteiger partial charge in [-0.15, -0.1) is 0 Å². The van der Waals surface area contributed by atoms with E-state index in [-0.39, 0.29) is 17.5 Å². The summed E-state index contributed by atoms with van der Waals surface area (Å²) in [4.78, 5) is 14.7. The van der Waals surface area contributed by atoms with Gasteiger partial charge in [0.15, 0.2) is 0 Å². The van der Waals surface area contributed by atoms with E-state index in [1.807, 2.05) is 12.1 Å². The Hall–Kier alpha value is -1.86. The number of hydrogen-bond acceptors (Lipinski definition) is 2. The van der Waals surface area contributed by atoms with Crippen molar-refractivity contribution in [2.75, 3.05) is 18.4 Å². The van der Waals surface area contributed by atoms with Gasteiger partial charge in [-0.25, -0.2) is 0 Å². The Labute approximate surface area is 164 Å². The molecule has 0 aromatic heterocycles. The van der Waals surface area contributed by atoms with E-state index in [9.17, 15) is 18.0 Å². The molecule has 0 unspecified atom stereocenters. The Bertz CT molecular complexity index is 802. The highest BCUT2D eigenvalue weighted by molar-refractivity contribution is 9.10. The second-order valence-corrected chi connectivity index (χ2v) is 7.63. The number of anilines is 1. The van der Waals surface area contributed by atoms with Gasteiger partial charge in [0.2, 0.25) is 5.91 Å². The number of amides is 1. The van der Waals surface area contributed by atoms with Crippen LogP contribution < -0.4 is 5.32 Å². The molecule has 0 bridgehead atoms. The summed E-state index contributed by atoms with van der Waals surface area (Å²) in [7, 11) is 0. The van der Waals surface area contributed by atoms with Gasteiger partial charge in [0, 0.05) is 16.9 Å². The van der Waals surface area contributed by atoms with Crippen LogP contribution >= 0.6 is 15.9 Å². The van der Waals surface area contributed by atoms with Crippen LogP contribution in [0.15, 0.2) is 53.0 Å². The van der Waals surface area contributed by atoms with Crippen LogP contribution in [0.1, 0.15) is 24.0 Å². The lowest BCUT2D eigenvalue weighted by Gasteiger charge is -2.31. The minimum atomic E-state index is -4.49. The maximum atomic E-state index is 13.1. The van der Waals surface area contributed by atoms with Crippen molar-refractivity contribution >= 4 is 27.5 Å². The average Bonchev–Trinajstić information content (AvgIpc) is 2.62. The molecule has 0 radical (unpaired) electrons.